The Balaban J connectivity index is 1.86. The van der Waals surface area contributed by atoms with Gasteiger partial charge >= 0.3 is 5.97 Å². The number of hydrogen-bond acceptors (Lipinski definition) is 3. The van der Waals surface area contributed by atoms with Crippen molar-refractivity contribution in [1.29, 1.82) is 0 Å². The number of ether oxygens (including phenoxy) is 1. The predicted molar refractivity (Wildman–Crippen MR) is 102 cm³/mol. The van der Waals surface area contributed by atoms with Gasteiger partial charge in [-0.2, -0.15) is 0 Å². The van der Waals surface area contributed by atoms with E-state index in [1.165, 1.54) is 7.11 Å². The van der Waals surface area contributed by atoms with Crippen LogP contribution in [0.4, 0.5) is 0 Å². The Hall–Kier alpha value is -2.85. The van der Waals surface area contributed by atoms with Gasteiger partial charge in [-0.05, 0) is 40.6 Å². The Morgan fingerprint density at radius 2 is 1.77 bits per heavy atom. The maximum absolute atomic E-state index is 12.7. The number of benzene rings is 3. The van der Waals surface area contributed by atoms with Crippen molar-refractivity contribution in [2.24, 2.45) is 0 Å². The normalized spacial score (nSPS) is 11.8. The Morgan fingerprint density at radius 1 is 1.00 bits per heavy atom. The smallest absolute Gasteiger partial charge is 0.307 e. The Morgan fingerprint density at radius 3 is 2.50 bits per heavy atom. The van der Waals surface area contributed by atoms with E-state index in [-0.39, 0.29) is 12.3 Å². The molecule has 0 aliphatic heterocycles. The van der Waals surface area contributed by atoms with Gasteiger partial charge < -0.3 is 10.1 Å². The third kappa shape index (κ3) is 4.21. The largest absolute Gasteiger partial charge is 0.469 e. The lowest BCUT2D eigenvalue weighted by Crippen LogP contribution is -2.30. The standard InChI is InChI=1S/C21H18ClNO3/c1-26-20(24)13-19(16-7-4-8-18(22)12-16)23-21(25)17-10-9-14-5-2-3-6-15(14)11-17/h2-12,19H,13H2,1H3,(H,23,25). The summed E-state index contributed by atoms with van der Waals surface area (Å²) in [5.74, 6) is -0.668. The van der Waals surface area contributed by atoms with E-state index in [1.54, 1.807) is 24.3 Å². The quantitative estimate of drug-likeness (QED) is 0.674. The molecule has 3 aromatic carbocycles. The molecular weight excluding hydrogens is 350 g/mol. The van der Waals surface area contributed by atoms with Crippen molar-refractivity contribution in [1.82, 2.24) is 5.32 Å². The lowest BCUT2D eigenvalue weighted by molar-refractivity contribution is -0.141. The second kappa shape index (κ2) is 8.02. The van der Waals surface area contributed by atoms with Crippen molar-refractivity contribution in [2.45, 2.75) is 12.5 Å². The molecule has 5 heteroatoms. The molecule has 1 amide bonds. The monoisotopic (exact) mass is 367 g/mol. The van der Waals surface area contributed by atoms with E-state index in [9.17, 15) is 9.59 Å². The summed E-state index contributed by atoms with van der Waals surface area (Å²) >= 11 is 6.05. The fourth-order valence-electron chi connectivity index (χ4n) is 2.80. The molecule has 0 heterocycles. The van der Waals surface area contributed by atoms with Crippen LogP contribution in [0.2, 0.25) is 5.02 Å². The SMILES string of the molecule is COC(=O)CC(NC(=O)c1ccc2ccccc2c1)c1cccc(Cl)c1. The van der Waals surface area contributed by atoms with Crippen LogP contribution in [-0.2, 0) is 9.53 Å². The first-order valence-electron chi connectivity index (χ1n) is 8.19. The van der Waals surface area contributed by atoms with Crippen LogP contribution in [0.1, 0.15) is 28.4 Å². The van der Waals surface area contributed by atoms with Gasteiger partial charge in [0.25, 0.3) is 5.91 Å². The Kier molecular flexibility index (Phi) is 5.54. The second-order valence-electron chi connectivity index (χ2n) is 5.92. The zero-order valence-corrected chi connectivity index (χ0v) is 15.0. The summed E-state index contributed by atoms with van der Waals surface area (Å²) in [6.07, 6.45) is 0.0240. The number of carbonyl (C=O) groups is 2. The highest BCUT2D eigenvalue weighted by molar-refractivity contribution is 6.30. The fourth-order valence-corrected chi connectivity index (χ4v) is 3.00. The molecule has 0 aliphatic carbocycles. The zero-order valence-electron chi connectivity index (χ0n) is 14.2. The number of amides is 1. The van der Waals surface area contributed by atoms with Crippen LogP contribution >= 0.6 is 11.6 Å². The van der Waals surface area contributed by atoms with E-state index >= 15 is 0 Å². The van der Waals surface area contributed by atoms with Crippen molar-refractivity contribution < 1.29 is 14.3 Å². The van der Waals surface area contributed by atoms with Gasteiger partial charge in [-0.1, -0.05) is 54.1 Å². The number of nitrogens with one attached hydrogen (secondary N) is 1. The maximum Gasteiger partial charge on any atom is 0.307 e. The van der Waals surface area contributed by atoms with E-state index < -0.39 is 12.0 Å². The number of carbonyl (C=O) groups excluding carboxylic acids is 2. The lowest BCUT2D eigenvalue weighted by Gasteiger charge is -2.18. The van der Waals surface area contributed by atoms with E-state index in [0.29, 0.717) is 10.6 Å². The summed E-state index contributed by atoms with van der Waals surface area (Å²) < 4.78 is 4.75. The van der Waals surface area contributed by atoms with Crippen LogP contribution in [0, 0.1) is 0 Å². The van der Waals surface area contributed by atoms with Crippen molar-refractivity contribution in [3.63, 3.8) is 0 Å². The van der Waals surface area contributed by atoms with Gasteiger partial charge in [0.2, 0.25) is 0 Å². The molecular formula is C21H18ClNO3. The topological polar surface area (TPSA) is 55.4 Å². The molecule has 1 atom stereocenters. The molecule has 4 nitrogen and oxygen atoms in total. The highest BCUT2D eigenvalue weighted by Gasteiger charge is 2.20. The molecule has 0 bridgehead atoms. The highest BCUT2D eigenvalue weighted by atomic mass is 35.5. The van der Waals surface area contributed by atoms with Crippen LogP contribution < -0.4 is 5.32 Å². The summed E-state index contributed by atoms with van der Waals surface area (Å²) in [6, 6.07) is 19.9. The second-order valence-corrected chi connectivity index (χ2v) is 6.36. The minimum absolute atomic E-state index is 0.0240. The first-order valence-corrected chi connectivity index (χ1v) is 8.56. The van der Waals surface area contributed by atoms with Crippen LogP contribution in [0.3, 0.4) is 0 Å². The molecule has 3 rings (SSSR count). The predicted octanol–water partition coefficient (Wildman–Crippen LogP) is 4.53. The minimum Gasteiger partial charge on any atom is -0.469 e. The van der Waals surface area contributed by atoms with Crippen LogP contribution in [0.25, 0.3) is 10.8 Å². The lowest BCUT2D eigenvalue weighted by atomic mass is 10.0. The van der Waals surface area contributed by atoms with Crippen molar-refractivity contribution in [2.75, 3.05) is 7.11 Å². The number of fused-ring (bicyclic) bond motifs is 1. The van der Waals surface area contributed by atoms with E-state index in [1.807, 2.05) is 42.5 Å². The van der Waals surface area contributed by atoms with Gasteiger partial charge in [0.1, 0.15) is 0 Å². The number of halogens is 1. The number of esters is 1. The summed E-state index contributed by atoms with van der Waals surface area (Å²) in [6.45, 7) is 0. The van der Waals surface area contributed by atoms with Gasteiger partial charge in [-0.3, -0.25) is 9.59 Å². The molecule has 0 radical (unpaired) electrons. The molecule has 132 valence electrons. The summed E-state index contributed by atoms with van der Waals surface area (Å²) in [5, 5.41) is 5.49. The minimum atomic E-state index is -0.528. The summed E-state index contributed by atoms with van der Waals surface area (Å²) in [7, 11) is 1.32. The molecule has 26 heavy (non-hydrogen) atoms. The van der Waals surface area contributed by atoms with Gasteiger partial charge in [0.15, 0.2) is 0 Å². The van der Waals surface area contributed by atoms with Gasteiger partial charge in [-0.15, -0.1) is 0 Å². The number of rotatable bonds is 5. The summed E-state index contributed by atoms with van der Waals surface area (Å²) in [4.78, 5) is 24.5. The average Bonchev–Trinajstić information content (AvgIpc) is 2.66. The fraction of sp³-hybridized carbons (Fsp3) is 0.143. The maximum atomic E-state index is 12.7. The van der Waals surface area contributed by atoms with Crippen LogP contribution in [0.15, 0.2) is 66.7 Å². The first kappa shape index (κ1) is 18.0. The molecule has 0 fully saturated rings. The molecule has 0 aliphatic rings. The van der Waals surface area contributed by atoms with Gasteiger partial charge in [0, 0.05) is 10.6 Å². The van der Waals surface area contributed by atoms with E-state index in [0.717, 1.165) is 16.3 Å². The molecule has 0 saturated carbocycles. The van der Waals surface area contributed by atoms with Crippen molar-refractivity contribution in [3.05, 3.63) is 82.9 Å². The Bertz CT molecular complexity index is 955. The highest BCUT2D eigenvalue weighted by Crippen LogP contribution is 2.22. The molecule has 0 spiro atoms. The third-order valence-electron chi connectivity index (χ3n) is 4.17. The van der Waals surface area contributed by atoms with E-state index in [2.05, 4.69) is 5.32 Å². The van der Waals surface area contributed by atoms with Gasteiger partial charge in [-0.25, -0.2) is 0 Å². The van der Waals surface area contributed by atoms with E-state index in [4.69, 9.17) is 16.3 Å². The van der Waals surface area contributed by atoms with Crippen LogP contribution in [-0.4, -0.2) is 19.0 Å². The third-order valence-corrected chi connectivity index (χ3v) is 4.40. The number of methoxy groups -OCH3 is 1. The zero-order chi connectivity index (χ0) is 18.5. The molecule has 1 unspecified atom stereocenters. The van der Waals surface area contributed by atoms with Crippen molar-refractivity contribution in [3.8, 4) is 0 Å². The molecule has 0 saturated heterocycles. The molecule has 1 N–H and O–H groups in total. The first-order chi connectivity index (χ1) is 12.6. The average molecular weight is 368 g/mol. The summed E-state index contributed by atoms with van der Waals surface area (Å²) in [5.41, 5.74) is 1.28. The van der Waals surface area contributed by atoms with Crippen molar-refractivity contribution >= 4 is 34.2 Å². The molecule has 0 aromatic heterocycles. The van der Waals surface area contributed by atoms with Gasteiger partial charge in [0.05, 0.1) is 19.6 Å². The Labute approximate surface area is 156 Å². The molecule has 3 aromatic rings. The number of hydrogen-bond donors (Lipinski definition) is 1. The van der Waals surface area contributed by atoms with Crippen LogP contribution in [0.5, 0.6) is 0 Å².